The largest absolute Gasteiger partial charge is 0.427 e. The fraction of sp³-hybridized carbons (Fsp3) is 0.667. The second-order valence-corrected chi connectivity index (χ2v) is 6.08. The van der Waals surface area contributed by atoms with Crippen molar-refractivity contribution in [3.8, 4) is 5.75 Å². The third kappa shape index (κ3) is 15.8. The molecule has 4 heteroatoms. The molecule has 1 aromatic rings. The van der Waals surface area contributed by atoms with Crippen molar-refractivity contribution in [2.24, 2.45) is 5.92 Å². The van der Waals surface area contributed by atoms with Crippen molar-refractivity contribution in [1.29, 1.82) is 0 Å². The second-order valence-electron chi connectivity index (χ2n) is 6.08. The highest BCUT2D eigenvalue weighted by molar-refractivity contribution is 5.69. The maximum Gasteiger partial charge on any atom is 0.308 e. The first kappa shape index (κ1) is 25.8. The van der Waals surface area contributed by atoms with Crippen LogP contribution in [0.5, 0.6) is 5.75 Å². The SMILES string of the molecule is CC.CC(=O)Oc1ccc(C)cc1.CCCCC(F)(F)CC(C)CC. The Kier molecular flexibility index (Phi) is 15.3. The molecular weight excluding hydrogens is 322 g/mol. The number of ether oxygens (including phenoxy) is 1. The maximum absolute atomic E-state index is 13.0. The van der Waals surface area contributed by atoms with E-state index in [1.54, 1.807) is 12.1 Å². The van der Waals surface area contributed by atoms with Gasteiger partial charge in [-0.15, -0.1) is 0 Å². The molecular formula is C21H36F2O2. The van der Waals surface area contributed by atoms with E-state index in [1.807, 2.05) is 53.7 Å². The Balaban J connectivity index is 0. The molecule has 0 aromatic heterocycles. The maximum atomic E-state index is 13.0. The summed E-state index contributed by atoms with van der Waals surface area (Å²) in [6, 6.07) is 7.35. The first-order valence-electron chi connectivity index (χ1n) is 9.33. The van der Waals surface area contributed by atoms with Crippen molar-refractivity contribution < 1.29 is 18.3 Å². The van der Waals surface area contributed by atoms with Gasteiger partial charge in [0.05, 0.1) is 0 Å². The van der Waals surface area contributed by atoms with Gasteiger partial charge in [0.2, 0.25) is 5.92 Å². The topological polar surface area (TPSA) is 26.3 Å². The van der Waals surface area contributed by atoms with Crippen LogP contribution in [0.3, 0.4) is 0 Å². The van der Waals surface area contributed by atoms with Gasteiger partial charge in [-0.2, -0.15) is 0 Å². The molecule has 0 heterocycles. The van der Waals surface area contributed by atoms with E-state index >= 15 is 0 Å². The molecule has 0 aliphatic rings. The van der Waals surface area contributed by atoms with Crippen LogP contribution in [0.1, 0.15) is 79.2 Å². The zero-order chi connectivity index (χ0) is 19.9. The zero-order valence-corrected chi connectivity index (χ0v) is 17.0. The van der Waals surface area contributed by atoms with Crippen molar-refractivity contribution >= 4 is 5.97 Å². The number of alkyl halides is 2. The van der Waals surface area contributed by atoms with E-state index < -0.39 is 5.92 Å². The van der Waals surface area contributed by atoms with E-state index in [0.717, 1.165) is 18.4 Å². The third-order valence-corrected chi connectivity index (χ3v) is 3.52. The van der Waals surface area contributed by atoms with Crippen LogP contribution in [-0.2, 0) is 4.79 Å². The van der Waals surface area contributed by atoms with E-state index in [-0.39, 0.29) is 24.7 Å². The first-order chi connectivity index (χ1) is 11.7. The van der Waals surface area contributed by atoms with Crippen LogP contribution in [0.2, 0.25) is 0 Å². The van der Waals surface area contributed by atoms with Crippen molar-refractivity contribution in [2.45, 2.75) is 86.5 Å². The van der Waals surface area contributed by atoms with Crippen molar-refractivity contribution in [3.05, 3.63) is 29.8 Å². The van der Waals surface area contributed by atoms with Gasteiger partial charge in [0.1, 0.15) is 5.75 Å². The lowest BCUT2D eigenvalue weighted by atomic mass is 9.97. The molecule has 1 unspecified atom stereocenters. The summed E-state index contributed by atoms with van der Waals surface area (Å²) in [5, 5.41) is 0. The minimum Gasteiger partial charge on any atom is -0.427 e. The van der Waals surface area contributed by atoms with Gasteiger partial charge in [-0.1, -0.05) is 65.2 Å². The molecule has 1 atom stereocenters. The van der Waals surface area contributed by atoms with E-state index in [2.05, 4.69) is 0 Å². The van der Waals surface area contributed by atoms with Gasteiger partial charge in [0, 0.05) is 19.8 Å². The number of unbranched alkanes of at least 4 members (excludes halogenated alkanes) is 1. The van der Waals surface area contributed by atoms with Gasteiger partial charge in [-0.25, -0.2) is 8.78 Å². The molecule has 0 aliphatic heterocycles. The van der Waals surface area contributed by atoms with Crippen LogP contribution in [0.4, 0.5) is 8.78 Å². The number of rotatable bonds is 7. The smallest absolute Gasteiger partial charge is 0.308 e. The molecule has 0 N–H and O–H groups in total. The molecule has 0 amide bonds. The highest BCUT2D eigenvalue weighted by Crippen LogP contribution is 2.29. The highest BCUT2D eigenvalue weighted by atomic mass is 19.3. The molecule has 1 aromatic carbocycles. The number of esters is 1. The fourth-order valence-corrected chi connectivity index (χ4v) is 1.96. The van der Waals surface area contributed by atoms with Crippen LogP contribution in [0.25, 0.3) is 0 Å². The van der Waals surface area contributed by atoms with E-state index in [4.69, 9.17) is 4.74 Å². The summed E-state index contributed by atoms with van der Waals surface area (Å²) in [6.07, 6.45) is 2.47. The van der Waals surface area contributed by atoms with E-state index in [9.17, 15) is 13.6 Å². The normalized spacial score (nSPS) is 11.4. The van der Waals surface area contributed by atoms with Gasteiger partial charge in [0.25, 0.3) is 0 Å². The Morgan fingerprint density at radius 3 is 2.08 bits per heavy atom. The van der Waals surface area contributed by atoms with Gasteiger partial charge < -0.3 is 4.74 Å². The Hall–Kier alpha value is -1.45. The third-order valence-electron chi connectivity index (χ3n) is 3.52. The number of hydrogen-bond donors (Lipinski definition) is 0. The molecule has 0 aliphatic carbocycles. The number of carbonyl (C=O) groups excluding carboxylic acids is 1. The molecule has 0 fully saturated rings. The molecule has 0 saturated heterocycles. The molecule has 25 heavy (non-hydrogen) atoms. The lowest BCUT2D eigenvalue weighted by Crippen LogP contribution is -2.19. The fourth-order valence-electron chi connectivity index (χ4n) is 1.96. The second kappa shape index (κ2) is 14.9. The zero-order valence-electron chi connectivity index (χ0n) is 17.0. The predicted molar refractivity (Wildman–Crippen MR) is 102 cm³/mol. The summed E-state index contributed by atoms with van der Waals surface area (Å²) >= 11 is 0. The van der Waals surface area contributed by atoms with Crippen LogP contribution in [0, 0.1) is 12.8 Å². The van der Waals surface area contributed by atoms with E-state index in [1.165, 1.54) is 6.92 Å². The Morgan fingerprint density at radius 1 is 1.16 bits per heavy atom. The quantitative estimate of drug-likeness (QED) is 0.381. The number of aryl methyl sites for hydroxylation is 1. The summed E-state index contributed by atoms with van der Waals surface area (Å²) in [4.78, 5) is 10.5. The highest BCUT2D eigenvalue weighted by Gasteiger charge is 2.29. The summed E-state index contributed by atoms with van der Waals surface area (Å²) in [7, 11) is 0. The van der Waals surface area contributed by atoms with Gasteiger partial charge in [0.15, 0.2) is 0 Å². The number of hydrogen-bond acceptors (Lipinski definition) is 2. The van der Waals surface area contributed by atoms with Crippen LogP contribution in [0.15, 0.2) is 24.3 Å². The van der Waals surface area contributed by atoms with Gasteiger partial charge >= 0.3 is 5.97 Å². The lowest BCUT2D eigenvalue weighted by molar-refractivity contribution is -0.131. The standard InChI is InChI=1S/C10H20F2.C9H10O2.C2H6/c1-4-6-7-10(11,12)8-9(3)5-2;1-7-3-5-9(6-4-7)11-8(2)10;1-2/h9H,4-8H2,1-3H3;3-6H,1-2H3;1-2H3. The number of halogens is 2. The molecule has 0 bridgehead atoms. The monoisotopic (exact) mass is 358 g/mol. The Morgan fingerprint density at radius 2 is 1.68 bits per heavy atom. The van der Waals surface area contributed by atoms with Crippen LogP contribution < -0.4 is 4.74 Å². The van der Waals surface area contributed by atoms with Crippen LogP contribution >= 0.6 is 0 Å². The van der Waals surface area contributed by atoms with Crippen LogP contribution in [-0.4, -0.2) is 11.9 Å². The Labute approximate surface area is 153 Å². The summed E-state index contributed by atoms with van der Waals surface area (Å²) < 4.78 is 30.9. The predicted octanol–water partition coefficient (Wildman–Crippen LogP) is 7.19. The van der Waals surface area contributed by atoms with Gasteiger partial charge in [-0.05, 0) is 31.4 Å². The molecule has 0 radical (unpaired) electrons. The average molecular weight is 359 g/mol. The van der Waals surface area contributed by atoms with Crippen molar-refractivity contribution in [1.82, 2.24) is 0 Å². The summed E-state index contributed by atoms with van der Waals surface area (Å²) in [5.41, 5.74) is 1.15. The number of carbonyl (C=O) groups is 1. The molecule has 2 nitrogen and oxygen atoms in total. The van der Waals surface area contributed by atoms with Gasteiger partial charge in [-0.3, -0.25) is 4.79 Å². The average Bonchev–Trinajstić information content (AvgIpc) is 2.57. The molecule has 0 saturated carbocycles. The Bertz CT molecular complexity index is 442. The molecule has 1 rings (SSSR count). The molecule has 146 valence electrons. The van der Waals surface area contributed by atoms with Crippen molar-refractivity contribution in [3.63, 3.8) is 0 Å². The van der Waals surface area contributed by atoms with Crippen molar-refractivity contribution in [2.75, 3.05) is 0 Å². The summed E-state index contributed by atoms with van der Waals surface area (Å²) in [5.74, 6) is -1.96. The first-order valence-corrected chi connectivity index (χ1v) is 9.33. The minimum atomic E-state index is -2.43. The number of benzene rings is 1. The molecule has 0 spiro atoms. The summed E-state index contributed by atoms with van der Waals surface area (Å²) in [6.45, 7) is 13.2. The minimum absolute atomic E-state index is 0.0590. The lowest BCUT2D eigenvalue weighted by Gasteiger charge is -2.19. The van der Waals surface area contributed by atoms with E-state index in [0.29, 0.717) is 12.2 Å².